The van der Waals surface area contributed by atoms with Gasteiger partial charge >= 0.3 is 0 Å². The molecule has 0 aromatic carbocycles. The molecule has 1 heterocycles. The number of hydrogen-bond donors (Lipinski definition) is 0. The van der Waals surface area contributed by atoms with Gasteiger partial charge in [0, 0.05) is 19.8 Å². The molecule has 0 unspecified atom stereocenters. The Morgan fingerprint density at radius 2 is 2.24 bits per heavy atom. The third kappa shape index (κ3) is 3.06. The molecule has 92 valence electrons. The first-order valence-corrected chi connectivity index (χ1v) is 6.84. The van der Waals surface area contributed by atoms with Crippen LogP contribution >= 0.6 is 15.9 Å². The quantitative estimate of drug-likeness (QED) is 0.803. The lowest BCUT2D eigenvalue weighted by Crippen LogP contribution is -2.31. The van der Waals surface area contributed by atoms with Crippen molar-refractivity contribution in [3.8, 4) is 0 Å². The summed E-state index contributed by atoms with van der Waals surface area (Å²) < 4.78 is 0.628. The van der Waals surface area contributed by atoms with Crippen molar-refractivity contribution in [1.82, 2.24) is 9.88 Å². The molecular formula is C13H17BrN2O. The highest BCUT2D eigenvalue weighted by Crippen LogP contribution is 2.26. The summed E-state index contributed by atoms with van der Waals surface area (Å²) in [6.45, 7) is 0.861. The Hall–Kier alpha value is -0.900. The molecule has 0 aliphatic heterocycles. The second-order valence-electron chi connectivity index (χ2n) is 4.68. The van der Waals surface area contributed by atoms with Crippen molar-refractivity contribution in [2.75, 3.05) is 13.6 Å². The molecule has 3 nitrogen and oxygen atoms in total. The molecule has 0 spiro atoms. The largest absolute Gasteiger partial charge is 0.341 e. The summed E-state index contributed by atoms with van der Waals surface area (Å²) in [6.07, 6.45) is 6.81. The number of nitrogens with zero attached hydrogens (tertiary/aromatic N) is 2. The molecule has 4 heteroatoms. The lowest BCUT2D eigenvalue weighted by Gasteiger charge is -2.21. The first-order chi connectivity index (χ1) is 8.18. The Labute approximate surface area is 110 Å². The predicted molar refractivity (Wildman–Crippen MR) is 70.9 cm³/mol. The van der Waals surface area contributed by atoms with Gasteiger partial charge in [-0.25, -0.2) is 4.98 Å². The monoisotopic (exact) mass is 296 g/mol. The maximum Gasteiger partial charge on any atom is 0.256 e. The van der Waals surface area contributed by atoms with Crippen LogP contribution in [-0.2, 0) is 0 Å². The summed E-state index contributed by atoms with van der Waals surface area (Å²) in [5, 5.41) is 0. The second kappa shape index (κ2) is 5.63. The Bertz CT molecular complexity index is 402. The van der Waals surface area contributed by atoms with Gasteiger partial charge in [0.05, 0.1) is 5.56 Å². The Balaban J connectivity index is 2.01. The van der Waals surface area contributed by atoms with Gasteiger partial charge in [-0.2, -0.15) is 0 Å². The van der Waals surface area contributed by atoms with Crippen LogP contribution in [0.5, 0.6) is 0 Å². The molecular weight excluding hydrogens is 280 g/mol. The average molecular weight is 297 g/mol. The summed E-state index contributed by atoms with van der Waals surface area (Å²) in [4.78, 5) is 18.1. The van der Waals surface area contributed by atoms with Crippen LogP contribution in [-0.4, -0.2) is 29.4 Å². The van der Waals surface area contributed by atoms with Crippen LogP contribution in [0.4, 0.5) is 0 Å². The van der Waals surface area contributed by atoms with Gasteiger partial charge in [-0.05, 0) is 46.8 Å². The maximum atomic E-state index is 12.2. The predicted octanol–water partition coefficient (Wildman–Crippen LogP) is 3.11. The van der Waals surface area contributed by atoms with Crippen molar-refractivity contribution < 1.29 is 4.79 Å². The normalized spacial score (nSPS) is 16.1. The Morgan fingerprint density at radius 3 is 2.88 bits per heavy atom. The lowest BCUT2D eigenvalue weighted by atomic mass is 10.1. The number of amides is 1. The highest BCUT2D eigenvalue weighted by molar-refractivity contribution is 9.10. The number of rotatable bonds is 3. The van der Waals surface area contributed by atoms with Crippen molar-refractivity contribution >= 4 is 21.8 Å². The first kappa shape index (κ1) is 12.6. The maximum absolute atomic E-state index is 12.2. The van der Waals surface area contributed by atoms with Gasteiger partial charge < -0.3 is 4.90 Å². The van der Waals surface area contributed by atoms with E-state index in [-0.39, 0.29) is 5.91 Å². The number of pyridine rings is 1. The summed E-state index contributed by atoms with van der Waals surface area (Å²) in [5.41, 5.74) is 0.646. The van der Waals surface area contributed by atoms with Gasteiger partial charge in [-0.3, -0.25) is 4.79 Å². The van der Waals surface area contributed by atoms with Crippen molar-refractivity contribution in [2.24, 2.45) is 5.92 Å². The fraction of sp³-hybridized carbons (Fsp3) is 0.538. The highest BCUT2D eigenvalue weighted by atomic mass is 79.9. The molecule has 2 rings (SSSR count). The third-order valence-electron chi connectivity index (χ3n) is 3.34. The van der Waals surface area contributed by atoms with Crippen molar-refractivity contribution in [2.45, 2.75) is 25.7 Å². The Morgan fingerprint density at radius 1 is 1.53 bits per heavy atom. The smallest absolute Gasteiger partial charge is 0.256 e. The van der Waals surface area contributed by atoms with Crippen LogP contribution < -0.4 is 0 Å². The molecule has 0 atom stereocenters. The topological polar surface area (TPSA) is 33.2 Å². The van der Waals surface area contributed by atoms with Gasteiger partial charge in [-0.15, -0.1) is 0 Å². The average Bonchev–Trinajstić information content (AvgIpc) is 2.81. The van der Waals surface area contributed by atoms with Crippen molar-refractivity contribution in [1.29, 1.82) is 0 Å². The van der Waals surface area contributed by atoms with E-state index in [1.165, 1.54) is 25.7 Å². The van der Waals surface area contributed by atoms with Crippen LogP contribution in [0.15, 0.2) is 22.9 Å². The SMILES string of the molecule is CN(CC1CCCC1)C(=O)c1cccnc1Br. The number of hydrogen-bond acceptors (Lipinski definition) is 2. The van der Waals surface area contributed by atoms with Crippen LogP contribution in [0.3, 0.4) is 0 Å². The van der Waals surface area contributed by atoms with Crippen LogP contribution in [0.25, 0.3) is 0 Å². The zero-order valence-electron chi connectivity index (χ0n) is 10.0. The number of aromatic nitrogens is 1. The summed E-state index contributed by atoms with van der Waals surface area (Å²) >= 11 is 3.32. The first-order valence-electron chi connectivity index (χ1n) is 6.04. The van der Waals surface area contributed by atoms with Gasteiger partial charge in [0.15, 0.2) is 0 Å². The van der Waals surface area contributed by atoms with Crippen LogP contribution in [0.1, 0.15) is 36.0 Å². The minimum absolute atomic E-state index is 0.0527. The second-order valence-corrected chi connectivity index (χ2v) is 5.43. The number of carbonyl (C=O) groups excluding carboxylic acids is 1. The van der Waals surface area contributed by atoms with E-state index in [9.17, 15) is 4.79 Å². The fourth-order valence-corrected chi connectivity index (χ4v) is 2.83. The molecule has 0 N–H and O–H groups in total. The molecule has 17 heavy (non-hydrogen) atoms. The standard InChI is InChI=1S/C13H17BrN2O/c1-16(9-10-5-2-3-6-10)13(17)11-7-4-8-15-12(11)14/h4,7-8,10H,2-3,5-6,9H2,1H3. The molecule has 1 fully saturated rings. The highest BCUT2D eigenvalue weighted by Gasteiger charge is 2.21. The third-order valence-corrected chi connectivity index (χ3v) is 3.97. The van der Waals surface area contributed by atoms with Crippen LogP contribution in [0.2, 0.25) is 0 Å². The summed E-state index contributed by atoms with van der Waals surface area (Å²) in [6, 6.07) is 3.60. The van der Waals surface area contributed by atoms with Crippen molar-refractivity contribution in [3.05, 3.63) is 28.5 Å². The van der Waals surface area contributed by atoms with Gasteiger partial charge in [0.2, 0.25) is 0 Å². The molecule has 0 radical (unpaired) electrons. The zero-order valence-corrected chi connectivity index (χ0v) is 11.6. The molecule has 1 saturated carbocycles. The van der Waals surface area contributed by atoms with E-state index < -0.39 is 0 Å². The molecule has 1 aromatic rings. The summed E-state index contributed by atoms with van der Waals surface area (Å²) in [5.74, 6) is 0.733. The van der Waals surface area contributed by atoms with E-state index in [1.807, 2.05) is 18.0 Å². The van der Waals surface area contributed by atoms with E-state index in [0.29, 0.717) is 16.1 Å². The zero-order chi connectivity index (χ0) is 12.3. The molecule has 1 aliphatic rings. The van der Waals surface area contributed by atoms with Crippen molar-refractivity contribution in [3.63, 3.8) is 0 Å². The molecule has 1 amide bonds. The van der Waals surface area contributed by atoms with E-state index >= 15 is 0 Å². The molecule has 0 bridgehead atoms. The van der Waals surface area contributed by atoms with E-state index in [0.717, 1.165) is 6.54 Å². The minimum Gasteiger partial charge on any atom is -0.341 e. The van der Waals surface area contributed by atoms with E-state index in [1.54, 1.807) is 12.3 Å². The molecule has 0 saturated heterocycles. The van der Waals surface area contributed by atoms with Gasteiger partial charge in [0.1, 0.15) is 4.60 Å². The molecule has 1 aromatic heterocycles. The van der Waals surface area contributed by atoms with Gasteiger partial charge in [0.25, 0.3) is 5.91 Å². The number of halogens is 1. The summed E-state index contributed by atoms with van der Waals surface area (Å²) in [7, 11) is 1.88. The Kier molecular flexibility index (Phi) is 4.15. The number of carbonyl (C=O) groups is 1. The van der Waals surface area contributed by atoms with Gasteiger partial charge in [-0.1, -0.05) is 12.8 Å². The van der Waals surface area contributed by atoms with Crippen LogP contribution in [0, 0.1) is 5.92 Å². The minimum atomic E-state index is 0.0527. The van der Waals surface area contributed by atoms with E-state index in [2.05, 4.69) is 20.9 Å². The lowest BCUT2D eigenvalue weighted by molar-refractivity contribution is 0.0772. The van der Waals surface area contributed by atoms with E-state index in [4.69, 9.17) is 0 Å². The fourth-order valence-electron chi connectivity index (χ4n) is 2.41. The molecule has 1 aliphatic carbocycles.